The second kappa shape index (κ2) is 4.64. The van der Waals surface area contributed by atoms with Crippen molar-refractivity contribution in [1.29, 1.82) is 0 Å². The van der Waals surface area contributed by atoms with E-state index < -0.39 is 0 Å². The Morgan fingerprint density at radius 1 is 1.19 bits per heavy atom. The molecule has 1 aromatic carbocycles. The minimum Gasteiger partial charge on any atom is -0.326 e. The van der Waals surface area contributed by atoms with Gasteiger partial charge in [-0.1, -0.05) is 17.7 Å². The fraction of sp³-hybridized carbons (Fsp3) is 0.154. The molecule has 1 aromatic heterocycles. The third-order valence-corrected chi connectivity index (χ3v) is 2.84. The van der Waals surface area contributed by atoms with Crippen LogP contribution in [0.15, 0.2) is 36.7 Å². The predicted octanol–water partition coefficient (Wildman–Crippen LogP) is 3.17. The Morgan fingerprint density at radius 3 is 2.69 bits per heavy atom. The molecule has 2 N–H and O–H groups in total. The number of rotatable bonds is 2. The lowest BCUT2D eigenvalue weighted by atomic mass is 10.0. The van der Waals surface area contributed by atoms with Crippen LogP contribution >= 0.6 is 11.6 Å². The van der Waals surface area contributed by atoms with Crippen molar-refractivity contribution in [3.8, 4) is 11.1 Å². The van der Waals surface area contributed by atoms with Gasteiger partial charge in [-0.05, 0) is 41.8 Å². The Morgan fingerprint density at radius 2 is 2.00 bits per heavy atom. The van der Waals surface area contributed by atoms with Crippen molar-refractivity contribution in [2.45, 2.75) is 13.5 Å². The first-order valence-electron chi connectivity index (χ1n) is 5.11. The topological polar surface area (TPSA) is 38.9 Å². The normalized spacial score (nSPS) is 10.4. The Kier molecular flexibility index (Phi) is 3.22. The third-order valence-electron chi connectivity index (χ3n) is 2.47. The quantitative estimate of drug-likeness (QED) is 0.864. The van der Waals surface area contributed by atoms with Crippen LogP contribution in [0.1, 0.15) is 11.1 Å². The number of nitrogens with zero attached hydrogens (tertiary/aromatic N) is 1. The van der Waals surface area contributed by atoms with E-state index in [2.05, 4.69) is 11.1 Å². The van der Waals surface area contributed by atoms with Crippen LogP contribution in [0, 0.1) is 6.92 Å². The molecule has 0 aliphatic rings. The summed E-state index contributed by atoms with van der Waals surface area (Å²) in [6.07, 6.45) is 3.68. The van der Waals surface area contributed by atoms with Crippen molar-refractivity contribution < 1.29 is 0 Å². The fourth-order valence-corrected chi connectivity index (χ4v) is 1.82. The fourth-order valence-electron chi connectivity index (χ4n) is 1.62. The molecule has 0 bridgehead atoms. The van der Waals surface area contributed by atoms with Crippen molar-refractivity contribution in [3.05, 3.63) is 52.8 Å². The van der Waals surface area contributed by atoms with Gasteiger partial charge in [0.2, 0.25) is 0 Å². The number of hydrogen-bond donors (Lipinski definition) is 1. The van der Waals surface area contributed by atoms with E-state index in [-0.39, 0.29) is 0 Å². The van der Waals surface area contributed by atoms with Gasteiger partial charge >= 0.3 is 0 Å². The molecule has 16 heavy (non-hydrogen) atoms. The summed E-state index contributed by atoms with van der Waals surface area (Å²) in [4.78, 5) is 4.17. The summed E-state index contributed by atoms with van der Waals surface area (Å²) >= 11 is 6.02. The minimum atomic E-state index is 0.450. The van der Waals surface area contributed by atoms with Gasteiger partial charge in [0.15, 0.2) is 0 Å². The summed E-state index contributed by atoms with van der Waals surface area (Å²) in [5.41, 5.74) is 9.91. The van der Waals surface area contributed by atoms with E-state index in [1.807, 2.05) is 37.5 Å². The van der Waals surface area contributed by atoms with E-state index in [1.54, 1.807) is 0 Å². The van der Waals surface area contributed by atoms with Crippen LogP contribution in [0.2, 0.25) is 5.02 Å². The smallest absolute Gasteiger partial charge is 0.0451 e. The van der Waals surface area contributed by atoms with Crippen LogP contribution in [0.4, 0.5) is 0 Å². The maximum atomic E-state index is 6.02. The van der Waals surface area contributed by atoms with Gasteiger partial charge in [-0.3, -0.25) is 4.98 Å². The van der Waals surface area contributed by atoms with Gasteiger partial charge in [-0.25, -0.2) is 0 Å². The number of halogens is 1. The van der Waals surface area contributed by atoms with Crippen LogP contribution < -0.4 is 5.73 Å². The molecule has 0 aliphatic carbocycles. The Hall–Kier alpha value is -1.38. The first-order valence-corrected chi connectivity index (χ1v) is 5.49. The van der Waals surface area contributed by atoms with Crippen molar-refractivity contribution in [1.82, 2.24) is 4.98 Å². The van der Waals surface area contributed by atoms with Crippen LogP contribution in [0.5, 0.6) is 0 Å². The van der Waals surface area contributed by atoms with Gasteiger partial charge in [-0.2, -0.15) is 0 Å². The van der Waals surface area contributed by atoms with Crippen molar-refractivity contribution in [2.24, 2.45) is 5.73 Å². The van der Waals surface area contributed by atoms with Gasteiger partial charge in [0, 0.05) is 29.5 Å². The molecular weight excluding hydrogens is 220 g/mol. The Labute approximate surface area is 100 Å². The van der Waals surface area contributed by atoms with Crippen LogP contribution in [0.25, 0.3) is 11.1 Å². The zero-order valence-electron chi connectivity index (χ0n) is 9.07. The molecule has 0 spiro atoms. The molecule has 0 fully saturated rings. The number of hydrogen-bond acceptors (Lipinski definition) is 2. The van der Waals surface area contributed by atoms with E-state index in [4.69, 9.17) is 17.3 Å². The van der Waals surface area contributed by atoms with Gasteiger partial charge in [0.1, 0.15) is 0 Å². The van der Waals surface area contributed by atoms with E-state index in [0.29, 0.717) is 11.6 Å². The zero-order valence-corrected chi connectivity index (χ0v) is 9.83. The average Bonchev–Trinajstić information content (AvgIpc) is 2.29. The van der Waals surface area contributed by atoms with Crippen LogP contribution in [-0.4, -0.2) is 4.98 Å². The lowest BCUT2D eigenvalue weighted by Crippen LogP contribution is -1.97. The van der Waals surface area contributed by atoms with Crippen molar-refractivity contribution >= 4 is 11.6 Å². The van der Waals surface area contributed by atoms with E-state index in [9.17, 15) is 0 Å². The molecule has 1 heterocycles. The lowest BCUT2D eigenvalue weighted by Gasteiger charge is -2.06. The number of benzene rings is 1. The Balaban J connectivity index is 2.48. The zero-order chi connectivity index (χ0) is 11.5. The first kappa shape index (κ1) is 11.1. The molecule has 3 heteroatoms. The minimum absolute atomic E-state index is 0.450. The first-order chi connectivity index (χ1) is 7.70. The molecule has 0 aliphatic heterocycles. The van der Waals surface area contributed by atoms with Gasteiger partial charge in [0.05, 0.1) is 0 Å². The third kappa shape index (κ3) is 2.23. The molecule has 0 saturated heterocycles. The van der Waals surface area contributed by atoms with E-state index in [1.165, 1.54) is 0 Å². The van der Waals surface area contributed by atoms with E-state index >= 15 is 0 Å². The summed E-state index contributed by atoms with van der Waals surface area (Å²) in [5, 5.41) is 0.715. The highest BCUT2D eigenvalue weighted by Gasteiger charge is 2.03. The predicted molar refractivity (Wildman–Crippen MR) is 67.3 cm³/mol. The summed E-state index contributed by atoms with van der Waals surface area (Å²) in [5.74, 6) is 0. The van der Waals surface area contributed by atoms with Gasteiger partial charge < -0.3 is 5.73 Å². The molecule has 0 amide bonds. The molecular formula is C13H13ClN2. The maximum Gasteiger partial charge on any atom is 0.0451 e. The monoisotopic (exact) mass is 232 g/mol. The number of aryl methyl sites for hydroxylation is 1. The van der Waals surface area contributed by atoms with Gasteiger partial charge in [-0.15, -0.1) is 0 Å². The van der Waals surface area contributed by atoms with Crippen molar-refractivity contribution in [2.75, 3.05) is 0 Å². The molecule has 0 saturated carbocycles. The van der Waals surface area contributed by atoms with E-state index in [0.717, 1.165) is 22.3 Å². The van der Waals surface area contributed by atoms with Crippen LogP contribution in [-0.2, 0) is 6.54 Å². The van der Waals surface area contributed by atoms with Crippen molar-refractivity contribution in [3.63, 3.8) is 0 Å². The molecule has 82 valence electrons. The SMILES string of the molecule is Cc1cncc(-c2ccc(Cl)c(CN)c2)c1. The standard InChI is InChI=1S/C13H13ClN2/c1-9-4-12(8-16-7-9)10-2-3-13(14)11(5-10)6-15/h2-5,7-8H,6,15H2,1H3. The average molecular weight is 233 g/mol. The highest BCUT2D eigenvalue weighted by atomic mass is 35.5. The Bertz CT molecular complexity index is 509. The lowest BCUT2D eigenvalue weighted by molar-refractivity contribution is 1.07. The molecule has 2 aromatic rings. The van der Waals surface area contributed by atoms with Crippen LogP contribution in [0.3, 0.4) is 0 Å². The molecule has 2 rings (SSSR count). The molecule has 0 atom stereocenters. The molecule has 0 radical (unpaired) electrons. The number of nitrogens with two attached hydrogens (primary N) is 1. The molecule has 2 nitrogen and oxygen atoms in total. The molecule has 0 unspecified atom stereocenters. The second-order valence-corrected chi connectivity index (χ2v) is 4.17. The largest absolute Gasteiger partial charge is 0.326 e. The summed E-state index contributed by atoms with van der Waals surface area (Å²) < 4.78 is 0. The number of aromatic nitrogens is 1. The van der Waals surface area contributed by atoms with Gasteiger partial charge in [0.25, 0.3) is 0 Å². The highest BCUT2D eigenvalue weighted by Crippen LogP contribution is 2.24. The summed E-state index contributed by atoms with van der Waals surface area (Å²) in [6.45, 7) is 2.47. The second-order valence-electron chi connectivity index (χ2n) is 3.76. The summed E-state index contributed by atoms with van der Waals surface area (Å²) in [7, 11) is 0. The maximum absolute atomic E-state index is 6.02. The highest BCUT2D eigenvalue weighted by molar-refractivity contribution is 6.31. The number of pyridine rings is 1. The summed E-state index contributed by atoms with van der Waals surface area (Å²) in [6, 6.07) is 7.97.